The Kier molecular flexibility index (Phi) is 31.2. The van der Waals surface area contributed by atoms with Crippen molar-refractivity contribution in [2.24, 2.45) is 0 Å². The second-order valence-corrected chi connectivity index (χ2v) is 1.01. The topological polar surface area (TPSA) is 23.8 Å². The predicted molar refractivity (Wildman–Crippen MR) is 34.5 cm³/mol. The molecule has 0 N–H and O–H groups in total. The van der Waals surface area contributed by atoms with Gasteiger partial charge in [-0.25, -0.2) is 0 Å². The molecule has 0 fully saturated rings. The van der Waals surface area contributed by atoms with Crippen LogP contribution in [0.25, 0.3) is 0 Å². The van der Waals surface area contributed by atoms with Gasteiger partial charge in [0.15, 0.2) is 0 Å². The first-order valence-corrected chi connectivity index (χ1v) is 2.30. The zero-order valence-electron chi connectivity index (χ0n) is 3.26. The molecule has 0 spiro atoms. The lowest BCUT2D eigenvalue weighted by Crippen LogP contribution is -0.961. The third-order valence-electron chi connectivity index (χ3n) is 0. The van der Waals surface area contributed by atoms with Crippen molar-refractivity contribution in [1.82, 2.24) is 0 Å². The average molecular weight is 119 g/mol. The first kappa shape index (κ1) is 9.38. The van der Waals surface area contributed by atoms with Crippen LogP contribution in [-0.2, 0) is 0 Å². The van der Waals surface area contributed by atoms with Gasteiger partial charge in [-0.3, -0.25) is 0 Å². The van der Waals surface area contributed by atoms with Gasteiger partial charge in [0.25, 0.3) is 0 Å². The Hall–Kier alpha value is 0.0100. The summed E-state index contributed by atoms with van der Waals surface area (Å²) in [4.78, 5) is 0. The summed E-state index contributed by atoms with van der Waals surface area (Å²) >= 11 is 3.09. The molecule has 34 valence electrons. The van der Waals surface area contributed by atoms with Crippen LogP contribution in [0.1, 0.15) is 0 Å². The van der Waals surface area contributed by atoms with Gasteiger partial charge in [0.05, 0.1) is 0 Å². The highest BCUT2D eigenvalue weighted by molar-refractivity contribution is 7.85. The minimum Gasteiger partial charge on any atom is -0.185 e. The van der Waals surface area contributed by atoms with Gasteiger partial charge in [-0.15, -0.1) is 9.24 Å². The Morgan fingerprint density at radius 2 is 2.00 bits per heavy atom. The Morgan fingerprint density at radius 1 is 2.00 bits per heavy atom. The Bertz CT molecular complexity index is 56.3. The van der Waals surface area contributed by atoms with Gasteiger partial charge in [-0.1, -0.05) is 25.0 Å². The molecule has 0 aliphatic carbocycles. The van der Waals surface area contributed by atoms with Crippen LogP contribution in [0.4, 0.5) is 0 Å². The highest BCUT2D eigenvalue weighted by atomic mass is 32.1. The van der Waals surface area contributed by atoms with Crippen LogP contribution in [0.2, 0.25) is 0 Å². The fraction of sp³-hybridized carbons (Fsp3) is 0. The maximum atomic E-state index is 7.18. The van der Waals surface area contributed by atoms with E-state index in [-0.39, 0.29) is 0 Å². The lowest BCUT2D eigenvalue weighted by atomic mass is 11.3. The standard InChI is InChI=1S/C2H5P.CHNS/c1-2-3;2-1-3/h2H,1,3H2;3H. The second-order valence-electron chi connectivity index (χ2n) is 0.336. The van der Waals surface area contributed by atoms with Gasteiger partial charge in [-0.05, 0) is 0 Å². The average Bonchev–Trinajstić information content (AvgIpc) is 1.39. The van der Waals surface area contributed by atoms with E-state index in [0.717, 1.165) is 0 Å². The van der Waals surface area contributed by atoms with Gasteiger partial charge in [0.2, 0.25) is 0 Å². The number of thiol groups is 1. The summed E-state index contributed by atoms with van der Waals surface area (Å²) in [7, 11) is 2.34. The Morgan fingerprint density at radius 3 is 2.00 bits per heavy atom. The van der Waals surface area contributed by atoms with Crippen molar-refractivity contribution in [1.29, 1.82) is 5.26 Å². The summed E-state index contributed by atoms with van der Waals surface area (Å²) in [5.74, 6) is 1.67. The minimum absolute atomic E-state index is 1.44. The molecule has 0 radical (unpaired) electrons. The molecule has 1 atom stereocenters. The molecule has 0 bridgehead atoms. The number of thiocyanates is 1. The number of hydrogen-bond acceptors (Lipinski definition) is 2. The van der Waals surface area contributed by atoms with Crippen molar-refractivity contribution in [2.75, 3.05) is 0 Å². The molecule has 6 heavy (non-hydrogen) atoms. The minimum atomic E-state index is 1.44. The number of nitriles is 1. The molecule has 0 aromatic carbocycles. The summed E-state index contributed by atoms with van der Waals surface area (Å²) in [6, 6.07) is 0. The van der Waals surface area contributed by atoms with Crippen LogP contribution < -0.4 is 0 Å². The van der Waals surface area contributed by atoms with E-state index in [1.54, 1.807) is 5.82 Å². The van der Waals surface area contributed by atoms with Gasteiger partial charge < -0.3 is 0 Å². The maximum absolute atomic E-state index is 7.18. The van der Waals surface area contributed by atoms with Crippen LogP contribution in [0.15, 0.2) is 12.4 Å². The quantitative estimate of drug-likeness (QED) is 0.291. The molecule has 0 aromatic heterocycles. The van der Waals surface area contributed by atoms with Crippen LogP contribution in [0.3, 0.4) is 0 Å². The molecule has 1 unspecified atom stereocenters. The van der Waals surface area contributed by atoms with E-state index in [1.165, 1.54) is 5.40 Å². The maximum Gasteiger partial charge on any atom is 0.130 e. The molecule has 0 amide bonds. The number of rotatable bonds is 0. The smallest absolute Gasteiger partial charge is 0.130 e. The molecule has 0 saturated heterocycles. The monoisotopic (exact) mass is 119 g/mol. The van der Waals surface area contributed by atoms with E-state index >= 15 is 0 Å². The van der Waals surface area contributed by atoms with Gasteiger partial charge in [-0.2, -0.15) is 5.26 Å². The third-order valence-corrected chi connectivity index (χ3v) is 0. The number of nitrogens with zero attached hydrogens (tertiary/aromatic N) is 1. The molecule has 1 nitrogen and oxygen atoms in total. The summed E-state index contributed by atoms with van der Waals surface area (Å²) in [6.07, 6.45) is 0. The molecule has 0 aliphatic rings. The fourth-order valence-corrected chi connectivity index (χ4v) is 0. The van der Waals surface area contributed by atoms with E-state index in [0.29, 0.717) is 0 Å². The van der Waals surface area contributed by atoms with E-state index in [4.69, 9.17) is 5.26 Å². The fourth-order valence-electron chi connectivity index (χ4n) is 0. The van der Waals surface area contributed by atoms with Crippen LogP contribution in [0.5, 0.6) is 0 Å². The van der Waals surface area contributed by atoms with Crippen molar-refractivity contribution in [3.63, 3.8) is 0 Å². The SMILES string of the molecule is C=CP.N#CS. The molecule has 0 aliphatic heterocycles. The normalized spacial score (nSPS) is 3.50. The highest BCUT2D eigenvalue weighted by Gasteiger charge is 1.18. The van der Waals surface area contributed by atoms with E-state index in [1.807, 2.05) is 0 Å². The van der Waals surface area contributed by atoms with Crippen molar-refractivity contribution in [3.05, 3.63) is 12.4 Å². The molecule has 3 heteroatoms. The molecule has 0 aromatic rings. The first-order chi connectivity index (χ1) is 2.83. The molecular formula is C3H6NPS. The summed E-state index contributed by atoms with van der Waals surface area (Å²) in [6.45, 7) is 3.32. The summed E-state index contributed by atoms with van der Waals surface area (Å²) in [5.41, 5.74) is 0. The van der Waals surface area contributed by atoms with Crippen molar-refractivity contribution in [3.8, 4) is 5.40 Å². The van der Waals surface area contributed by atoms with E-state index in [2.05, 4.69) is 28.4 Å². The molecule has 0 rings (SSSR count). The Labute approximate surface area is 45.7 Å². The summed E-state index contributed by atoms with van der Waals surface area (Å²) in [5, 5.41) is 8.63. The van der Waals surface area contributed by atoms with Gasteiger partial charge in [0, 0.05) is 0 Å². The lowest BCUT2D eigenvalue weighted by molar-refractivity contribution is 1.57. The van der Waals surface area contributed by atoms with E-state index < -0.39 is 0 Å². The lowest BCUT2D eigenvalue weighted by Gasteiger charge is -1.32. The largest absolute Gasteiger partial charge is 0.185 e. The molecule has 0 heterocycles. The van der Waals surface area contributed by atoms with Crippen LogP contribution in [-0.4, -0.2) is 0 Å². The van der Waals surface area contributed by atoms with Crippen molar-refractivity contribution in [2.45, 2.75) is 0 Å². The second kappa shape index (κ2) is 19.9. The van der Waals surface area contributed by atoms with Crippen molar-refractivity contribution < 1.29 is 0 Å². The highest BCUT2D eigenvalue weighted by Crippen LogP contribution is 1.69. The van der Waals surface area contributed by atoms with Crippen LogP contribution in [0, 0.1) is 10.7 Å². The first-order valence-electron chi connectivity index (χ1n) is 1.19. The third kappa shape index (κ3) is 363000. The van der Waals surface area contributed by atoms with Crippen molar-refractivity contribution >= 4 is 21.9 Å². The van der Waals surface area contributed by atoms with Crippen LogP contribution >= 0.6 is 21.9 Å². The van der Waals surface area contributed by atoms with E-state index in [9.17, 15) is 0 Å². The van der Waals surface area contributed by atoms with Gasteiger partial charge >= 0.3 is 0 Å². The molecule has 0 saturated carbocycles. The zero-order chi connectivity index (χ0) is 5.41. The summed E-state index contributed by atoms with van der Waals surface area (Å²) < 4.78 is 0. The predicted octanol–water partition coefficient (Wildman–Crippen LogP) is 1.40. The van der Waals surface area contributed by atoms with Gasteiger partial charge in [0.1, 0.15) is 5.40 Å². The zero-order valence-corrected chi connectivity index (χ0v) is 5.31. The molecular weight excluding hydrogens is 113 g/mol. The number of hydrogen-bond donors (Lipinski definition) is 1. The Balaban J connectivity index is 0.